The number of methoxy groups -OCH3 is 1. The van der Waals surface area contributed by atoms with E-state index in [1.54, 1.807) is 13.3 Å². The Kier molecular flexibility index (Phi) is 3.94. The number of imidazole rings is 1. The molecule has 0 aliphatic carbocycles. The van der Waals surface area contributed by atoms with E-state index in [9.17, 15) is 0 Å². The Bertz CT molecular complexity index is 521. The molecule has 96 valence electrons. The standard InChI is InChI=1S/C13H18N4O/c1-10-6-12(18-3)7-11(16-10)8-14-9-13-15-4-5-17(13)2/h4-7,14H,8-9H2,1-3H3. The lowest BCUT2D eigenvalue weighted by molar-refractivity contribution is 0.412. The first kappa shape index (κ1) is 12.6. The summed E-state index contributed by atoms with van der Waals surface area (Å²) in [4.78, 5) is 8.71. The van der Waals surface area contributed by atoms with Gasteiger partial charge in [0.2, 0.25) is 0 Å². The topological polar surface area (TPSA) is 52.0 Å². The summed E-state index contributed by atoms with van der Waals surface area (Å²) >= 11 is 0. The minimum Gasteiger partial charge on any atom is -0.497 e. The maximum atomic E-state index is 5.22. The van der Waals surface area contributed by atoms with Gasteiger partial charge in [-0.05, 0) is 6.92 Å². The van der Waals surface area contributed by atoms with Crippen molar-refractivity contribution in [3.63, 3.8) is 0 Å². The predicted molar refractivity (Wildman–Crippen MR) is 69.3 cm³/mol. The molecule has 0 fully saturated rings. The van der Waals surface area contributed by atoms with Crippen LogP contribution in [0.4, 0.5) is 0 Å². The van der Waals surface area contributed by atoms with Crippen LogP contribution in [0.25, 0.3) is 0 Å². The molecular formula is C13H18N4O. The molecule has 0 aromatic carbocycles. The van der Waals surface area contributed by atoms with Gasteiger partial charge in [0, 0.05) is 43.8 Å². The van der Waals surface area contributed by atoms with Crippen LogP contribution in [0.2, 0.25) is 0 Å². The number of rotatable bonds is 5. The Balaban J connectivity index is 1.94. The highest BCUT2D eigenvalue weighted by Crippen LogP contribution is 2.13. The van der Waals surface area contributed by atoms with Gasteiger partial charge in [0.25, 0.3) is 0 Å². The van der Waals surface area contributed by atoms with Crippen LogP contribution in [0.5, 0.6) is 5.75 Å². The van der Waals surface area contributed by atoms with Gasteiger partial charge in [0.15, 0.2) is 0 Å². The molecule has 5 heteroatoms. The van der Waals surface area contributed by atoms with Crippen LogP contribution in [-0.4, -0.2) is 21.6 Å². The van der Waals surface area contributed by atoms with Crippen molar-refractivity contribution in [3.8, 4) is 5.75 Å². The van der Waals surface area contributed by atoms with Gasteiger partial charge in [-0.1, -0.05) is 0 Å². The van der Waals surface area contributed by atoms with E-state index in [2.05, 4.69) is 15.3 Å². The van der Waals surface area contributed by atoms with E-state index in [0.717, 1.165) is 29.5 Å². The predicted octanol–water partition coefficient (Wildman–Crippen LogP) is 1.42. The van der Waals surface area contributed by atoms with Crippen LogP contribution in [0.1, 0.15) is 17.2 Å². The maximum absolute atomic E-state index is 5.22. The van der Waals surface area contributed by atoms with Crippen LogP contribution >= 0.6 is 0 Å². The van der Waals surface area contributed by atoms with Gasteiger partial charge in [-0.3, -0.25) is 4.98 Å². The molecule has 0 unspecified atom stereocenters. The molecule has 5 nitrogen and oxygen atoms in total. The molecule has 2 rings (SSSR count). The molecule has 0 atom stereocenters. The van der Waals surface area contributed by atoms with Gasteiger partial charge in [-0.15, -0.1) is 0 Å². The zero-order chi connectivity index (χ0) is 13.0. The molecule has 2 aromatic heterocycles. The van der Waals surface area contributed by atoms with Crippen molar-refractivity contribution >= 4 is 0 Å². The number of nitrogens with one attached hydrogen (secondary N) is 1. The number of hydrogen-bond donors (Lipinski definition) is 1. The number of ether oxygens (including phenoxy) is 1. The fraction of sp³-hybridized carbons (Fsp3) is 0.385. The van der Waals surface area contributed by atoms with Crippen LogP contribution in [0, 0.1) is 6.92 Å². The smallest absolute Gasteiger partial charge is 0.122 e. The second-order valence-corrected chi connectivity index (χ2v) is 4.20. The van der Waals surface area contributed by atoms with E-state index in [1.807, 2.05) is 36.9 Å². The van der Waals surface area contributed by atoms with Gasteiger partial charge in [-0.2, -0.15) is 0 Å². The average molecular weight is 246 g/mol. The van der Waals surface area contributed by atoms with Crippen LogP contribution in [-0.2, 0) is 20.1 Å². The number of hydrogen-bond acceptors (Lipinski definition) is 4. The molecular weight excluding hydrogens is 228 g/mol. The summed E-state index contributed by atoms with van der Waals surface area (Å²) in [5.74, 6) is 1.85. The zero-order valence-corrected chi connectivity index (χ0v) is 11.0. The third-order valence-corrected chi connectivity index (χ3v) is 2.73. The molecule has 18 heavy (non-hydrogen) atoms. The van der Waals surface area contributed by atoms with Crippen LogP contribution in [0.3, 0.4) is 0 Å². The van der Waals surface area contributed by atoms with Crippen molar-refractivity contribution in [2.24, 2.45) is 7.05 Å². The lowest BCUT2D eigenvalue weighted by Gasteiger charge is -2.07. The molecule has 0 bridgehead atoms. The summed E-state index contributed by atoms with van der Waals surface area (Å²) < 4.78 is 7.22. The molecule has 2 aromatic rings. The summed E-state index contributed by atoms with van der Waals surface area (Å²) in [6, 6.07) is 3.86. The molecule has 0 saturated carbocycles. The van der Waals surface area contributed by atoms with Gasteiger partial charge < -0.3 is 14.6 Å². The van der Waals surface area contributed by atoms with Crippen LogP contribution < -0.4 is 10.1 Å². The normalized spacial score (nSPS) is 10.6. The summed E-state index contributed by atoms with van der Waals surface area (Å²) in [6.07, 6.45) is 3.73. The SMILES string of the molecule is COc1cc(C)nc(CNCc2nccn2C)c1. The monoisotopic (exact) mass is 246 g/mol. The molecule has 2 heterocycles. The lowest BCUT2D eigenvalue weighted by atomic mass is 10.3. The Morgan fingerprint density at radius 3 is 2.83 bits per heavy atom. The van der Waals surface area contributed by atoms with E-state index < -0.39 is 0 Å². The summed E-state index contributed by atoms with van der Waals surface area (Å²) in [5.41, 5.74) is 1.93. The fourth-order valence-corrected chi connectivity index (χ4v) is 1.78. The Hall–Kier alpha value is -1.88. The van der Waals surface area contributed by atoms with Gasteiger partial charge >= 0.3 is 0 Å². The third-order valence-electron chi connectivity index (χ3n) is 2.73. The first-order valence-corrected chi connectivity index (χ1v) is 5.87. The summed E-state index contributed by atoms with van der Waals surface area (Å²) in [5, 5.41) is 3.32. The summed E-state index contributed by atoms with van der Waals surface area (Å²) in [6.45, 7) is 3.39. The number of aryl methyl sites for hydroxylation is 2. The van der Waals surface area contributed by atoms with Crippen LogP contribution in [0.15, 0.2) is 24.5 Å². The lowest BCUT2D eigenvalue weighted by Crippen LogP contribution is -2.16. The second kappa shape index (κ2) is 5.64. The molecule has 0 saturated heterocycles. The highest BCUT2D eigenvalue weighted by molar-refractivity contribution is 5.26. The maximum Gasteiger partial charge on any atom is 0.122 e. The van der Waals surface area contributed by atoms with Crippen molar-refractivity contribution in [1.82, 2.24) is 19.9 Å². The van der Waals surface area contributed by atoms with E-state index in [4.69, 9.17) is 4.74 Å². The Morgan fingerprint density at radius 1 is 1.33 bits per heavy atom. The molecule has 0 radical (unpaired) electrons. The number of pyridine rings is 1. The fourth-order valence-electron chi connectivity index (χ4n) is 1.78. The minimum absolute atomic E-state index is 0.699. The van der Waals surface area contributed by atoms with Gasteiger partial charge in [-0.25, -0.2) is 4.98 Å². The largest absolute Gasteiger partial charge is 0.497 e. The van der Waals surface area contributed by atoms with Gasteiger partial charge in [0.1, 0.15) is 11.6 Å². The molecule has 0 amide bonds. The molecule has 1 N–H and O–H groups in total. The highest BCUT2D eigenvalue weighted by Gasteiger charge is 2.02. The summed E-state index contributed by atoms with van der Waals surface area (Å²) in [7, 11) is 3.65. The zero-order valence-electron chi connectivity index (χ0n) is 11.0. The van der Waals surface area contributed by atoms with Crippen molar-refractivity contribution in [1.29, 1.82) is 0 Å². The van der Waals surface area contributed by atoms with Crippen molar-refractivity contribution in [2.45, 2.75) is 20.0 Å². The van der Waals surface area contributed by atoms with E-state index in [-0.39, 0.29) is 0 Å². The number of nitrogens with zero attached hydrogens (tertiary/aromatic N) is 3. The van der Waals surface area contributed by atoms with Crippen molar-refractivity contribution in [2.75, 3.05) is 7.11 Å². The third kappa shape index (κ3) is 3.07. The number of aromatic nitrogens is 3. The first-order valence-electron chi connectivity index (χ1n) is 5.87. The minimum atomic E-state index is 0.699. The van der Waals surface area contributed by atoms with E-state index >= 15 is 0 Å². The van der Waals surface area contributed by atoms with E-state index in [1.165, 1.54) is 0 Å². The Morgan fingerprint density at radius 2 is 2.17 bits per heavy atom. The molecule has 0 aliphatic rings. The highest BCUT2D eigenvalue weighted by atomic mass is 16.5. The van der Waals surface area contributed by atoms with E-state index in [0.29, 0.717) is 6.54 Å². The van der Waals surface area contributed by atoms with Gasteiger partial charge in [0.05, 0.1) is 19.3 Å². The van der Waals surface area contributed by atoms with Crippen molar-refractivity contribution in [3.05, 3.63) is 41.7 Å². The molecule has 0 spiro atoms. The first-order chi connectivity index (χ1) is 8.69. The Labute approximate surface area is 107 Å². The second-order valence-electron chi connectivity index (χ2n) is 4.20. The van der Waals surface area contributed by atoms with Crippen molar-refractivity contribution < 1.29 is 4.74 Å². The average Bonchev–Trinajstić information content (AvgIpc) is 2.74. The quantitative estimate of drug-likeness (QED) is 0.867. The molecule has 0 aliphatic heterocycles.